The number of fused-ring (bicyclic) bond motifs is 1. The SMILES string of the molecule is Cn1nc(CC(=O)NNC(=O)C[C@H]2CCS(=O)(=O)C2)c2ccccc2c1=O. The number of hydrazine groups is 1. The zero-order valence-electron chi connectivity index (χ0n) is 14.8. The van der Waals surface area contributed by atoms with Gasteiger partial charge in [-0.05, 0) is 18.4 Å². The molecule has 1 aromatic heterocycles. The second-order valence-corrected chi connectivity index (χ2v) is 8.90. The highest BCUT2D eigenvalue weighted by molar-refractivity contribution is 7.91. The number of carbonyl (C=O) groups is 2. The van der Waals surface area contributed by atoms with Crippen molar-refractivity contribution in [3.8, 4) is 0 Å². The molecular formula is C17H20N4O5S. The fraction of sp³-hybridized carbons (Fsp3) is 0.412. The number of benzene rings is 1. The monoisotopic (exact) mass is 392 g/mol. The summed E-state index contributed by atoms with van der Waals surface area (Å²) < 4.78 is 24.0. The van der Waals surface area contributed by atoms with Crippen LogP contribution in [-0.4, -0.2) is 41.5 Å². The van der Waals surface area contributed by atoms with E-state index >= 15 is 0 Å². The predicted molar refractivity (Wildman–Crippen MR) is 98.4 cm³/mol. The minimum absolute atomic E-state index is 0.00230. The third-order valence-electron chi connectivity index (χ3n) is 4.50. The molecule has 1 saturated heterocycles. The number of aromatic nitrogens is 2. The highest BCUT2D eigenvalue weighted by atomic mass is 32.2. The van der Waals surface area contributed by atoms with Crippen LogP contribution in [0.5, 0.6) is 0 Å². The Hall–Kier alpha value is -2.75. The first-order valence-electron chi connectivity index (χ1n) is 8.48. The van der Waals surface area contributed by atoms with Crippen LogP contribution in [0.1, 0.15) is 18.5 Å². The molecule has 144 valence electrons. The van der Waals surface area contributed by atoms with Crippen molar-refractivity contribution >= 4 is 32.4 Å². The van der Waals surface area contributed by atoms with Crippen molar-refractivity contribution < 1.29 is 18.0 Å². The van der Waals surface area contributed by atoms with Crippen LogP contribution < -0.4 is 16.4 Å². The van der Waals surface area contributed by atoms with E-state index in [2.05, 4.69) is 16.0 Å². The summed E-state index contributed by atoms with van der Waals surface area (Å²) in [6.45, 7) is 0. The lowest BCUT2D eigenvalue weighted by molar-refractivity contribution is -0.129. The van der Waals surface area contributed by atoms with Crippen molar-refractivity contribution in [2.24, 2.45) is 13.0 Å². The summed E-state index contributed by atoms with van der Waals surface area (Å²) >= 11 is 0. The van der Waals surface area contributed by atoms with Crippen molar-refractivity contribution in [2.45, 2.75) is 19.3 Å². The summed E-state index contributed by atoms with van der Waals surface area (Å²) in [6.07, 6.45) is 0.380. The third kappa shape index (κ3) is 4.51. The maximum absolute atomic E-state index is 12.1. The summed E-state index contributed by atoms with van der Waals surface area (Å²) in [7, 11) is -1.54. The van der Waals surface area contributed by atoms with Crippen molar-refractivity contribution in [2.75, 3.05) is 11.5 Å². The van der Waals surface area contributed by atoms with E-state index in [1.54, 1.807) is 24.3 Å². The average Bonchev–Trinajstić information content (AvgIpc) is 2.96. The molecule has 1 aromatic carbocycles. The van der Waals surface area contributed by atoms with E-state index in [4.69, 9.17) is 0 Å². The molecule has 2 N–H and O–H groups in total. The summed E-state index contributed by atoms with van der Waals surface area (Å²) in [6, 6.07) is 6.86. The highest BCUT2D eigenvalue weighted by Gasteiger charge is 2.29. The number of rotatable bonds is 4. The smallest absolute Gasteiger partial charge is 0.273 e. The van der Waals surface area contributed by atoms with Crippen LogP contribution >= 0.6 is 0 Å². The molecule has 0 unspecified atom stereocenters. The Labute approximate surface area is 155 Å². The fourth-order valence-electron chi connectivity index (χ4n) is 3.19. The zero-order chi connectivity index (χ0) is 19.6. The molecule has 2 aromatic rings. The molecule has 0 bridgehead atoms. The highest BCUT2D eigenvalue weighted by Crippen LogP contribution is 2.21. The summed E-state index contributed by atoms with van der Waals surface area (Å²) in [5.41, 5.74) is 4.77. The summed E-state index contributed by atoms with van der Waals surface area (Å²) in [5, 5.41) is 5.18. The van der Waals surface area contributed by atoms with E-state index in [9.17, 15) is 22.8 Å². The molecule has 27 heavy (non-hydrogen) atoms. The van der Waals surface area contributed by atoms with Gasteiger partial charge in [-0.1, -0.05) is 18.2 Å². The molecule has 1 atom stereocenters. The van der Waals surface area contributed by atoms with Gasteiger partial charge in [-0.25, -0.2) is 13.1 Å². The van der Waals surface area contributed by atoms with Gasteiger partial charge in [0.05, 0.1) is 29.0 Å². The number of nitrogens with zero attached hydrogens (tertiary/aromatic N) is 2. The van der Waals surface area contributed by atoms with Gasteiger partial charge in [-0.3, -0.25) is 25.2 Å². The Bertz CT molecular complexity index is 1060. The van der Waals surface area contributed by atoms with Crippen LogP contribution in [0.3, 0.4) is 0 Å². The lowest BCUT2D eigenvalue weighted by Crippen LogP contribution is -2.43. The second kappa shape index (κ2) is 7.47. The van der Waals surface area contributed by atoms with Crippen molar-refractivity contribution in [3.63, 3.8) is 0 Å². The van der Waals surface area contributed by atoms with E-state index in [0.29, 0.717) is 22.9 Å². The van der Waals surface area contributed by atoms with Gasteiger partial charge in [-0.15, -0.1) is 0 Å². The van der Waals surface area contributed by atoms with Gasteiger partial charge in [0, 0.05) is 18.9 Å². The summed E-state index contributed by atoms with van der Waals surface area (Å²) in [4.78, 5) is 36.1. The fourth-order valence-corrected chi connectivity index (χ4v) is 5.05. The molecule has 0 radical (unpaired) electrons. The van der Waals surface area contributed by atoms with E-state index in [-0.39, 0.29) is 35.8 Å². The number of carbonyl (C=O) groups excluding carboxylic acids is 2. The molecule has 2 heterocycles. The standard InChI is InChI=1S/C17H20N4O5S/c1-21-17(24)13-5-3-2-4-12(13)14(20-21)9-16(23)19-18-15(22)8-11-6-7-27(25,26)10-11/h2-5,11H,6-10H2,1H3,(H,18,22)(H,19,23)/t11-/m1/s1. The Morgan fingerprint density at radius 3 is 2.52 bits per heavy atom. The third-order valence-corrected chi connectivity index (χ3v) is 6.34. The molecule has 3 rings (SSSR count). The van der Waals surface area contributed by atoms with Crippen LogP contribution in [0.25, 0.3) is 10.8 Å². The molecule has 9 nitrogen and oxygen atoms in total. The number of hydrogen-bond donors (Lipinski definition) is 2. The molecule has 0 spiro atoms. The second-order valence-electron chi connectivity index (χ2n) is 6.67. The van der Waals surface area contributed by atoms with Gasteiger partial charge >= 0.3 is 0 Å². The normalized spacial score (nSPS) is 18.3. The molecule has 10 heteroatoms. The van der Waals surface area contributed by atoms with E-state index in [1.165, 1.54) is 11.7 Å². The van der Waals surface area contributed by atoms with Gasteiger partial charge in [0.2, 0.25) is 11.8 Å². The lowest BCUT2D eigenvalue weighted by atomic mass is 10.1. The first-order chi connectivity index (χ1) is 12.7. The zero-order valence-corrected chi connectivity index (χ0v) is 15.6. The summed E-state index contributed by atoms with van der Waals surface area (Å²) in [5.74, 6) is -1.05. The molecule has 1 aliphatic heterocycles. The number of hydrogen-bond acceptors (Lipinski definition) is 6. The Balaban J connectivity index is 1.60. The van der Waals surface area contributed by atoms with E-state index in [0.717, 1.165) is 0 Å². The van der Waals surface area contributed by atoms with Crippen LogP contribution in [0, 0.1) is 5.92 Å². The van der Waals surface area contributed by atoms with Crippen molar-refractivity contribution in [3.05, 3.63) is 40.3 Å². The van der Waals surface area contributed by atoms with Gasteiger partial charge in [0.25, 0.3) is 5.56 Å². The maximum atomic E-state index is 12.1. The first-order valence-corrected chi connectivity index (χ1v) is 10.3. The molecule has 0 aliphatic carbocycles. The van der Waals surface area contributed by atoms with E-state index < -0.39 is 21.7 Å². The first kappa shape index (κ1) is 19.0. The quantitative estimate of drug-likeness (QED) is 0.672. The van der Waals surface area contributed by atoms with Gasteiger partial charge in [0.15, 0.2) is 9.84 Å². The van der Waals surface area contributed by atoms with Crippen LogP contribution in [-0.2, 0) is 32.9 Å². The average molecular weight is 392 g/mol. The number of sulfone groups is 1. The van der Waals surface area contributed by atoms with Crippen molar-refractivity contribution in [1.29, 1.82) is 0 Å². The largest absolute Gasteiger partial charge is 0.274 e. The van der Waals surface area contributed by atoms with Gasteiger partial charge in [0.1, 0.15) is 0 Å². The lowest BCUT2D eigenvalue weighted by Gasteiger charge is -2.11. The maximum Gasteiger partial charge on any atom is 0.274 e. The Morgan fingerprint density at radius 1 is 1.19 bits per heavy atom. The topological polar surface area (TPSA) is 127 Å². The molecule has 1 fully saturated rings. The van der Waals surface area contributed by atoms with Crippen LogP contribution in [0.2, 0.25) is 0 Å². The molecule has 0 saturated carbocycles. The minimum Gasteiger partial charge on any atom is -0.273 e. The number of nitrogens with one attached hydrogen (secondary N) is 2. The van der Waals surface area contributed by atoms with Gasteiger partial charge < -0.3 is 0 Å². The van der Waals surface area contributed by atoms with Crippen LogP contribution in [0.4, 0.5) is 0 Å². The molecule has 1 aliphatic rings. The number of amides is 2. The molecule has 2 amide bonds. The van der Waals surface area contributed by atoms with Crippen LogP contribution in [0.15, 0.2) is 29.1 Å². The molecular weight excluding hydrogens is 372 g/mol. The Morgan fingerprint density at radius 2 is 1.85 bits per heavy atom. The number of aryl methyl sites for hydroxylation is 1. The van der Waals surface area contributed by atoms with E-state index in [1.807, 2.05) is 0 Å². The minimum atomic E-state index is -3.04. The Kier molecular flexibility index (Phi) is 5.26. The predicted octanol–water partition coefficient (Wildman–Crippen LogP) is -0.552. The van der Waals surface area contributed by atoms with Crippen molar-refractivity contribution in [1.82, 2.24) is 20.6 Å². The van der Waals surface area contributed by atoms with Gasteiger partial charge in [-0.2, -0.15) is 5.10 Å².